The van der Waals surface area contributed by atoms with E-state index >= 15 is 0 Å². The zero-order chi connectivity index (χ0) is 28.0. The molecule has 0 saturated heterocycles. The molecule has 1 rings (SSSR count). The number of hydrogen-bond acceptors (Lipinski definition) is 10. The fraction of sp³-hybridized carbons (Fsp3) is 0.476. The third kappa shape index (κ3) is 15.0. The molecule has 0 aromatic heterocycles. The molecule has 0 aliphatic heterocycles. The van der Waals surface area contributed by atoms with E-state index < -0.39 is 57.4 Å². The minimum absolute atomic E-state index is 0.0264. The fourth-order valence-electron chi connectivity index (χ4n) is 3.39. The zero-order valence-corrected chi connectivity index (χ0v) is 21.5. The number of carboxylic acids is 4. The molecule has 1 atom stereocenters. The van der Waals surface area contributed by atoms with Crippen LogP contribution in [0.3, 0.4) is 0 Å². The van der Waals surface area contributed by atoms with Gasteiger partial charge < -0.3 is 25.3 Å². The molecule has 0 spiro atoms. The van der Waals surface area contributed by atoms with Crippen LogP contribution in [0.2, 0.25) is 0 Å². The Kier molecular flexibility index (Phi) is 13.8. The third-order valence-electron chi connectivity index (χ3n) is 4.86. The van der Waals surface area contributed by atoms with Gasteiger partial charge in [0.2, 0.25) is 7.37 Å². The Hall–Kier alpha value is -3.03. The Bertz CT molecular complexity index is 976. The normalized spacial score (nSPS) is 12.8. The molecule has 0 amide bonds. The fourth-order valence-corrected chi connectivity index (χ4v) is 5.28. The molecule has 5 N–H and O–H groups in total. The van der Waals surface area contributed by atoms with E-state index in [0.29, 0.717) is 11.3 Å². The lowest BCUT2D eigenvalue weighted by Gasteiger charge is -2.29. The maximum atomic E-state index is 13.1. The van der Waals surface area contributed by atoms with Gasteiger partial charge in [0, 0.05) is 26.2 Å². The van der Waals surface area contributed by atoms with Crippen molar-refractivity contribution in [3.05, 3.63) is 29.8 Å². The molecule has 0 fully saturated rings. The number of rotatable bonds is 19. The van der Waals surface area contributed by atoms with Crippen LogP contribution in [-0.4, -0.2) is 128 Å². The van der Waals surface area contributed by atoms with Gasteiger partial charge in [0.1, 0.15) is 0 Å². The first kappa shape index (κ1) is 32.0. The second-order valence-electron chi connectivity index (χ2n) is 8.13. The summed E-state index contributed by atoms with van der Waals surface area (Å²) in [5, 5.41) is 38.4. The van der Waals surface area contributed by atoms with Crippen LogP contribution in [0.4, 0.5) is 5.69 Å². The molecule has 14 nitrogen and oxygen atoms in total. The van der Waals surface area contributed by atoms with Crippen LogP contribution >= 0.6 is 19.6 Å². The van der Waals surface area contributed by atoms with Crippen molar-refractivity contribution in [1.29, 1.82) is 0 Å². The zero-order valence-electron chi connectivity index (χ0n) is 19.8. The van der Waals surface area contributed by atoms with E-state index in [4.69, 9.17) is 20.4 Å². The highest BCUT2D eigenvalue weighted by molar-refractivity contribution is 7.78. The van der Waals surface area contributed by atoms with Gasteiger partial charge in [0.25, 0.3) is 0 Å². The van der Waals surface area contributed by atoms with Crippen LogP contribution in [-0.2, 0) is 29.9 Å². The first-order chi connectivity index (χ1) is 17.3. The summed E-state index contributed by atoms with van der Waals surface area (Å²) in [7, 11) is -3.87. The number of thiocarbonyl (C=S) groups is 1. The summed E-state index contributed by atoms with van der Waals surface area (Å²) in [5.74, 6) is -5.01. The molecule has 0 bridgehead atoms. The number of carboxylic acid groups (broad SMARTS) is 4. The molecule has 1 unspecified atom stereocenters. The summed E-state index contributed by atoms with van der Waals surface area (Å²) >= 11 is 4.54. The van der Waals surface area contributed by atoms with Crippen molar-refractivity contribution in [3.63, 3.8) is 0 Å². The highest BCUT2D eigenvalue weighted by Crippen LogP contribution is 2.45. The highest BCUT2D eigenvalue weighted by atomic mass is 32.1. The van der Waals surface area contributed by atoms with Gasteiger partial charge in [-0.05, 0) is 29.9 Å². The summed E-state index contributed by atoms with van der Waals surface area (Å²) in [6.45, 7) is -2.51. The minimum atomic E-state index is -3.87. The van der Waals surface area contributed by atoms with Gasteiger partial charge in [-0.25, -0.2) is 0 Å². The molecular weight excluding hydrogens is 531 g/mol. The van der Waals surface area contributed by atoms with Crippen LogP contribution in [0.1, 0.15) is 5.56 Å². The largest absolute Gasteiger partial charge is 0.480 e. The second-order valence-corrected chi connectivity index (χ2v) is 10.6. The van der Waals surface area contributed by atoms with E-state index in [1.165, 1.54) is 4.90 Å². The lowest BCUT2D eigenvalue weighted by atomic mass is 10.2. The van der Waals surface area contributed by atoms with Gasteiger partial charge in [-0.3, -0.25) is 38.4 Å². The molecule has 0 saturated carbocycles. The number of hydrogen-bond donors (Lipinski definition) is 5. The van der Waals surface area contributed by atoms with E-state index in [9.17, 15) is 28.6 Å². The van der Waals surface area contributed by atoms with Crippen molar-refractivity contribution >= 4 is 54.3 Å². The summed E-state index contributed by atoms with van der Waals surface area (Å²) in [5.41, 5.74) is 1.05. The number of aliphatic imine (C=N–C) groups is 1. The van der Waals surface area contributed by atoms with Crippen molar-refractivity contribution in [1.82, 2.24) is 14.7 Å². The molecule has 1 aromatic rings. The maximum Gasteiger partial charge on any atom is 0.317 e. The van der Waals surface area contributed by atoms with Gasteiger partial charge in [0.15, 0.2) is 0 Å². The summed E-state index contributed by atoms with van der Waals surface area (Å²) in [6, 6.07) is 6.39. The molecule has 37 heavy (non-hydrogen) atoms. The van der Waals surface area contributed by atoms with Gasteiger partial charge in [-0.15, -0.1) is 0 Å². The van der Waals surface area contributed by atoms with Gasteiger partial charge in [0.05, 0.1) is 49.5 Å². The van der Waals surface area contributed by atoms with Crippen molar-refractivity contribution in [2.45, 2.75) is 6.16 Å². The molecule has 0 aliphatic carbocycles. The molecule has 16 heteroatoms. The van der Waals surface area contributed by atoms with E-state index in [-0.39, 0.29) is 38.6 Å². The topological polar surface area (TPSA) is 209 Å². The molecule has 0 radical (unpaired) electrons. The average molecular weight is 561 g/mol. The molecule has 0 heterocycles. The number of benzene rings is 1. The SMILES string of the molecule is O=C(O)CN(CCN(CCN(CC(=O)O)CC(=O)O)CP(=O)(O)Cc1ccc(N=C=S)cc1)CC(=O)O. The predicted molar refractivity (Wildman–Crippen MR) is 135 cm³/mol. The van der Waals surface area contributed by atoms with Crippen LogP contribution in [0.15, 0.2) is 29.3 Å². The minimum Gasteiger partial charge on any atom is -0.480 e. The van der Waals surface area contributed by atoms with Gasteiger partial charge >= 0.3 is 23.9 Å². The Morgan fingerprint density at radius 2 is 1.14 bits per heavy atom. The van der Waals surface area contributed by atoms with E-state index in [0.717, 1.165) is 9.80 Å². The first-order valence-corrected chi connectivity index (χ1v) is 13.3. The van der Waals surface area contributed by atoms with Crippen molar-refractivity contribution in [2.75, 3.05) is 58.6 Å². The monoisotopic (exact) mass is 560 g/mol. The first-order valence-electron chi connectivity index (χ1n) is 10.8. The van der Waals surface area contributed by atoms with E-state index in [1.807, 2.05) is 0 Å². The molecule has 204 valence electrons. The standard InChI is InChI=1S/C21H29N4O10PS/c26-18(27)9-24(10-19(28)29)7-5-23(6-8-25(11-20(30)31)12-21(32)33)15-36(34,35)13-16-1-3-17(4-2-16)22-14-37/h1-4H,5-13,15H2,(H,26,27)(H,28,29)(H,30,31)(H,32,33)(H,34,35). The Morgan fingerprint density at radius 1 is 0.757 bits per heavy atom. The number of aliphatic carboxylic acids is 4. The summed E-state index contributed by atoms with van der Waals surface area (Å²) < 4.78 is 13.1. The number of isothiocyanates is 1. The second kappa shape index (κ2) is 15.9. The van der Waals surface area contributed by atoms with Crippen molar-refractivity contribution in [2.24, 2.45) is 4.99 Å². The van der Waals surface area contributed by atoms with E-state index in [1.54, 1.807) is 24.3 Å². The smallest absolute Gasteiger partial charge is 0.317 e. The third-order valence-corrected chi connectivity index (χ3v) is 6.65. The lowest BCUT2D eigenvalue weighted by Crippen LogP contribution is -2.44. The van der Waals surface area contributed by atoms with Crippen LogP contribution in [0.5, 0.6) is 0 Å². The highest BCUT2D eigenvalue weighted by Gasteiger charge is 2.25. The van der Waals surface area contributed by atoms with Crippen LogP contribution in [0.25, 0.3) is 0 Å². The van der Waals surface area contributed by atoms with E-state index in [2.05, 4.69) is 22.4 Å². The summed E-state index contributed by atoms with van der Waals surface area (Å²) in [4.78, 5) is 62.5. The van der Waals surface area contributed by atoms with Crippen LogP contribution < -0.4 is 0 Å². The molecular formula is C21H29N4O10PS. The quantitative estimate of drug-likeness (QED) is 0.0881. The average Bonchev–Trinajstić information content (AvgIpc) is 2.75. The van der Waals surface area contributed by atoms with Crippen LogP contribution in [0, 0.1) is 0 Å². The van der Waals surface area contributed by atoms with Gasteiger partial charge in [-0.2, -0.15) is 4.99 Å². The lowest BCUT2D eigenvalue weighted by molar-refractivity contribution is -0.143. The Morgan fingerprint density at radius 3 is 1.49 bits per heavy atom. The molecule has 1 aromatic carbocycles. The van der Waals surface area contributed by atoms with Crippen molar-refractivity contribution < 1.29 is 49.1 Å². The maximum absolute atomic E-state index is 13.1. The summed E-state index contributed by atoms with van der Waals surface area (Å²) in [6.07, 6.45) is -0.595. The van der Waals surface area contributed by atoms with Crippen molar-refractivity contribution in [3.8, 4) is 0 Å². The molecule has 0 aliphatic rings. The number of nitrogens with zero attached hydrogens (tertiary/aromatic N) is 4. The predicted octanol–water partition coefficient (Wildman–Crippen LogP) is 0.393. The van der Waals surface area contributed by atoms with Gasteiger partial charge in [-0.1, -0.05) is 12.1 Å². The Balaban J connectivity index is 3.02. The Labute approximate surface area is 217 Å². The number of carbonyl (C=O) groups is 4.